The third-order valence-corrected chi connectivity index (χ3v) is 7.03. The summed E-state index contributed by atoms with van der Waals surface area (Å²) < 4.78 is 4.72. The van der Waals surface area contributed by atoms with E-state index >= 15 is 0 Å². The summed E-state index contributed by atoms with van der Waals surface area (Å²) in [6.45, 7) is 4.50. The Morgan fingerprint density at radius 3 is 2.89 bits per heavy atom. The average molecular weight is 424 g/mol. The van der Waals surface area contributed by atoms with Gasteiger partial charge in [0, 0.05) is 18.0 Å². The Kier molecular flexibility index (Phi) is 6.77. The summed E-state index contributed by atoms with van der Waals surface area (Å²) in [6, 6.07) is 0. The first-order valence-corrected chi connectivity index (χ1v) is 11.4. The molecule has 152 valence electrons. The minimum Gasteiger partial charge on any atom is -0.469 e. The number of nitrogens with one attached hydrogen (secondary N) is 1. The van der Waals surface area contributed by atoms with Gasteiger partial charge in [0.2, 0.25) is 5.91 Å². The van der Waals surface area contributed by atoms with E-state index in [-0.39, 0.29) is 29.1 Å². The van der Waals surface area contributed by atoms with Crippen molar-refractivity contribution in [2.45, 2.75) is 38.9 Å². The van der Waals surface area contributed by atoms with Crippen LogP contribution in [0, 0.1) is 5.92 Å². The second-order valence-electron chi connectivity index (χ2n) is 6.90. The first kappa shape index (κ1) is 20.9. The third kappa shape index (κ3) is 4.41. The number of esters is 1. The van der Waals surface area contributed by atoms with Gasteiger partial charge in [-0.1, -0.05) is 6.92 Å². The Labute approximate surface area is 171 Å². The summed E-state index contributed by atoms with van der Waals surface area (Å²) in [4.78, 5) is 47.7. The van der Waals surface area contributed by atoms with Gasteiger partial charge >= 0.3 is 5.97 Å². The zero-order valence-corrected chi connectivity index (χ0v) is 18.0. The summed E-state index contributed by atoms with van der Waals surface area (Å²) in [5, 5.41) is 0.747. The second-order valence-corrected chi connectivity index (χ2v) is 8.97. The van der Waals surface area contributed by atoms with Crippen LogP contribution in [-0.2, 0) is 32.9 Å². The van der Waals surface area contributed by atoms with Gasteiger partial charge in [-0.05, 0) is 31.7 Å². The fraction of sp³-hybridized carbons (Fsp3) is 0.579. The molecular formula is C19H25N3O4S2. The monoisotopic (exact) mass is 423 g/mol. The highest BCUT2D eigenvalue weighted by Crippen LogP contribution is 2.34. The molecule has 2 aromatic rings. The first-order chi connectivity index (χ1) is 13.4. The van der Waals surface area contributed by atoms with E-state index in [1.807, 2.05) is 6.92 Å². The standard InChI is InChI=1S/C19H25N3O4S2/c1-4-22(8-11(2)19(25)26-3)15(23)10-27-9-14-20-17(24)16-12-6-5-7-13(12)28-18(16)21-14/h11H,4-10H2,1-3H3,(H,20,21,24). The van der Waals surface area contributed by atoms with Crippen LogP contribution in [0.15, 0.2) is 4.79 Å². The van der Waals surface area contributed by atoms with Gasteiger partial charge in [0.15, 0.2) is 0 Å². The molecule has 0 aromatic carbocycles. The largest absolute Gasteiger partial charge is 0.469 e. The molecule has 1 N–H and O–H groups in total. The molecule has 0 saturated heterocycles. The predicted molar refractivity (Wildman–Crippen MR) is 112 cm³/mol. The Hall–Kier alpha value is -1.87. The number of H-pyrrole nitrogens is 1. The van der Waals surface area contributed by atoms with Crippen LogP contribution < -0.4 is 5.56 Å². The average Bonchev–Trinajstić information content (AvgIpc) is 3.25. The van der Waals surface area contributed by atoms with E-state index in [0.717, 1.165) is 29.5 Å². The molecular weight excluding hydrogens is 398 g/mol. The molecule has 1 amide bonds. The van der Waals surface area contributed by atoms with Crippen molar-refractivity contribution in [1.82, 2.24) is 14.9 Å². The number of aromatic nitrogens is 2. The first-order valence-electron chi connectivity index (χ1n) is 9.41. The molecule has 1 aliphatic rings. The van der Waals surface area contributed by atoms with E-state index in [1.165, 1.54) is 29.3 Å². The zero-order chi connectivity index (χ0) is 20.3. The van der Waals surface area contributed by atoms with Crippen LogP contribution in [0.2, 0.25) is 0 Å². The van der Waals surface area contributed by atoms with Crippen molar-refractivity contribution in [2.24, 2.45) is 5.92 Å². The van der Waals surface area contributed by atoms with E-state index in [4.69, 9.17) is 4.74 Å². The Morgan fingerprint density at radius 1 is 1.39 bits per heavy atom. The van der Waals surface area contributed by atoms with Crippen LogP contribution in [0.1, 0.15) is 36.5 Å². The summed E-state index contributed by atoms with van der Waals surface area (Å²) in [7, 11) is 1.35. The number of methoxy groups -OCH3 is 1. The number of thiophene rings is 1. The maximum Gasteiger partial charge on any atom is 0.310 e. The Morgan fingerprint density at radius 2 is 2.18 bits per heavy atom. The molecule has 0 saturated carbocycles. The van der Waals surface area contributed by atoms with Gasteiger partial charge in [-0.25, -0.2) is 4.98 Å². The van der Waals surface area contributed by atoms with Crippen molar-refractivity contribution >= 4 is 45.2 Å². The third-order valence-electron chi connectivity index (χ3n) is 4.92. The Bertz CT molecular complexity index is 937. The number of amides is 1. The van der Waals surface area contributed by atoms with Crippen LogP contribution in [0.5, 0.6) is 0 Å². The number of aromatic amines is 1. The molecule has 1 unspecified atom stereocenters. The number of hydrogen-bond acceptors (Lipinski definition) is 7. The number of nitrogens with zero attached hydrogens (tertiary/aromatic N) is 2. The normalized spacial score (nSPS) is 14.1. The van der Waals surface area contributed by atoms with Crippen LogP contribution in [0.4, 0.5) is 0 Å². The number of aryl methyl sites for hydroxylation is 2. The number of hydrogen-bond donors (Lipinski definition) is 1. The molecule has 28 heavy (non-hydrogen) atoms. The van der Waals surface area contributed by atoms with Crippen LogP contribution in [-0.4, -0.2) is 52.7 Å². The smallest absolute Gasteiger partial charge is 0.310 e. The van der Waals surface area contributed by atoms with Gasteiger partial charge in [0.05, 0.1) is 29.9 Å². The number of rotatable bonds is 8. The van der Waals surface area contributed by atoms with Gasteiger partial charge in [0.1, 0.15) is 10.7 Å². The Balaban J connectivity index is 1.59. The van der Waals surface area contributed by atoms with E-state index in [0.29, 0.717) is 24.7 Å². The van der Waals surface area contributed by atoms with Crippen molar-refractivity contribution in [2.75, 3.05) is 26.0 Å². The fourth-order valence-electron chi connectivity index (χ4n) is 3.46. The number of fused-ring (bicyclic) bond motifs is 3. The number of carbonyl (C=O) groups is 2. The molecule has 7 nitrogen and oxygen atoms in total. The quantitative estimate of drug-likeness (QED) is 0.656. The van der Waals surface area contributed by atoms with Gasteiger partial charge in [-0.3, -0.25) is 14.4 Å². The van der Waals surface area contributed by atoms with Crippen LogP contribution >= 0.6 is 23.1 Å². The SMILES string of the molecule is CCN(CC(C)C(=O)OC)C(=O)CSCc1nc2sc3c(c2c(=O)[nH]1)CCC3. The highest BCUT2D eigenvalue weighted by Gasteiger charge is 2.22. The van der Waals surface area contributed by atoms with Crippen molar-refractivity contribution < 1.29 is 14.3 Å². The maximum absolute atomic E-state index is 12.5. The summed E-state index contributed by atoms with van der Waals surface area (Å²) in [6.07, 6.45) is 3.10. The van der Waals surface area contributed by atoms with E-state index in [2.05, 4.69) is 9.97 Å². The molecule has 9 heteroatoms. The molecule has 0 spiro atoms. The number of carbonyl (C=O) groups excluding carboxylic acids is 2. The molecule has 0 bridgehead atoms. The second kappa shape index (κ2) is 9.09. The van der Waals surface area contributed by atoms with Gasteiger partial charge in [-0.2, -0.15) is 0 Å². The molecule has 0 radical (unpaired) electrons. The van der Waals surface area contributed by atoms with Gasteiger partial charge in [0.25, 0.3) is 5.56 Å². The molecule has 2 aromatic heterocycles. The lowest BCUT2D eigenvalue weighted by atomic mass is 10.1. The van der Waals surface area contributed by atoms with Gasteiger partial charge in [-0.15, -0.1) is 23.1 Å². The fourth-order valence-corrected chi connectivity index (χ4v) is 5.53. The topological polar surface area (TPSA) is 92.4 Å². The lowest BCUT2D eigenvalue weighted by molar-refractivity contribution is -0.146. The highest BCUT2D eigenvalue weighted by atomic mass is 32.2. The number of thioether (sulfide) groups is 1. The van der Waals surface area contributed by atoms with E-state index < -0.39 is 0 Å². The molecule has 0 fully saturated rings. The molecule has 2 heterocycles. The number of ether oxygens (including phenoxy) is 1. The summed E-state index contributed by atoms with van der Waals surface area (Å²) in [5.74, 6) is 0.605. The van der Waals surface area contributed by atoms with Crippen molar-refractivity contribution in [3.63, 3.8) is 0 Å². The highest BCUT2D eigenvalue weighted by molar-refractivity contribution is 7.99. The minimum atomic E-state index is -0.361. The summed E-state index contributed by atoms with van der Waals surface area (Å²) >= 11 is 3.03. The lowest BCUT2D eigenvalue weighted by Crippen LogP contribution is -2.38. The lowest BCUT2D eigenvalue weighted by Gasteiger charge is -2.23. The van der Waals surface area contributed by atoms with Crippen molar-refractivity contribution in [3.8, 4) is 0 Å². The molecule has 1 aliphatic carbocycles. The zero-order valence-electron chi connectivity index (χ0n) is 16.4. The van der Waals surface area contributed by atoms with E-state index in [9.17, 15) is 14.4 Å². The van der Waals surface area contributed by atoms with E-state index in [1.54, 1.807) is 23.2 Å². The van der Waals surface area contributed by atoms with Crippen LogP contribution in [0.25, 0.3) is 10.2 Å². The van der Waals surface area contributed by atoms with Crippen LogP contribution in [0.3, 0.4) is 0 Å². The molecule has 0 aliphatic heterocycles. The molecule has 3 rings (SSSR count). The van der Waals surface area contributed by atoms with Crippen molar-refractivity contribution in [1.29, 1.82) is 0 Å². The maximum atomic E-state index is 12.5. The van der Waals surface area contributed by atoms with Gasteiger partial charge < -0.3 is 14.6 Å². The molecule has 1 atom stereocenters. The summed E-state index contributed by atoms with van der Waals surface area (Å²) in [5.41, 5.74) is 1.09. The van der Waals surface area contributed by atoms with Crippen molar-refractivity contribution in [3.05, 3.63) is 26.6 Å². The minimum absolute atomic E-state index is 0.0400. The predicted octanol–water partition coefficient (Wildman–Crippen LogP) is 2.36.